The molecular formula is C56H41NO. The lowest BCUT2D eigenvalue weighted by Gasteiger charge is -2.33. The Morgan fingerprint density at radius 1 is 0.397 bits per heavy atom. The van der Waals surface area contributed by atoms with Gasteiger partial charge in [0.15, 0.2) is 0 Å². The van der Waals surface area contributed by atoms with Gasteiger partial charge in [-0.25, -0.2) is 0 Å². The topological polar surface area (TPSA) is 16.4 Å². The minimum absolute atomic E-state index is 0.188. The highest BCUT2D eigenvalue weighted by atomic mass is 16.3. The molecule has 0 radical (unpaired) electrons. The van der Waals surface area contributed by atoms with Crippen molar-refractivity contribution in [1.29, 1.82) is 0 Å². The van der Waals surface area contributed by atoms with Gasteiger partial charge in [0.2, 0.25) is 0 Å². The first-order chi connectivity index (χ1) is 28.3. The highest BCUT2D eigenvalue weighted by Gasteiger charge is 2.42. The summed E-state index contributed by atoms with van der Waals surface area (Å²) < 4.78 is 6.20. The van der Waals surface area contributed by atoms with Crippen molar-refractivity contribution >= 4 is 60.5 Å². The quantitative estimate of drug-likeness (QED) is 0.178. The molecule has 0 atom stereocenters. The van der Waals surface area contributed by atoms with Crippen molar-refractivity contribution < 1.29 is 4.42 Å². The van der Waals surface area contributed by atoms with Gasteiger partial charge in [-0.15, -0.1) is 0 Å². The second kappa shape index (κ2) is 11.8. The number of para-hydroxylation sites is 1. The van der Waals surface area contributed by atoms with Gasteiger partial charge >= 0.3 is 0 Å². The molecule has 0 amide bonds. The Balaban J connectivity index is 1.17. The fourth-order valence-electron chi connectivity index (χ4n) is 10.7. The second-order valence-corrected chi connectivity index (χ2v) is 17.3. The van der Waals surface area contributed by atoms with Gasteiger partial charge in [-0.3, -0.25) is 0 Å². The number of furan rings is 1. The van der Waals surface area contributed by atoms with E-state index < -0.39 is 0 Å². The Morgan fingerprint density at radius 3 is 1.45 bits per heavy atom. The summed E-state index contributed by atoms with van der Waals surface area (Å²) in [4.78, 5) is 2.59. The zero-order valence-corrected chi connectivity index (χ0v) is 33.1. The molecule has 1 heterocycles. The maximum absolute atomic E-state index is 6.20. The predicted octanol–water partition coefficient (Wildman–Crippen LogP) is 15.6. The van der Waals surface area contributed by atoms with E-state index in [1.165, 1.54) is 88.6 Å². The number of benzene rings is 9. The normalized spacial score (nSPS) is 14.5. The first-order valence-electron chi connectivity index (χ1n) is 20.4. The van der Waals surface area contributed by atoms with Crippen LogP contribution in [0.25, 0.3) is 76.9 Å². The van der Waals surface area contributed by atoms with Gasteiger partial charge in [0.05, 0.1) is 11.4 Å². The Labute approximate surface area is 338 Å². The number of fused-ring (bicyclic) bond motifs is 13. The molecule has 2 heteroatoms. The molecule has 0 fully saturated rings. The minimum Gasteiger partial charge on any atom is -0.456 e. The number of nitrogens with zero attached hydrogens (tertiary/aromatic N) is 1. The van der Waals surface area contributed by atoms with Gasteiger partial charge in [0.1, 0.15) is 11.2 Å². The van der Waals surface area contributed by atoms with Gasteiger partial charge in [-0.05, 0) is 109 Å². The van der Waals surface area contributed by atoms with Crippen LogP contribution in [0.5, 0.6) is 0 Å². The summed E-state index contributed by atoms with van der Waals surface area (Å²) in [5.74, 6) is 0. The summed E-state index contributed by atoms with van der Waals surface area (Å²) in [6.45, 7) is 9.61. The molecule has 0 bridgehead atoms. The van der Waals surface area contributed by atoms with Gasteiger partial charge in [0, 0.05) is 38.4 Å². The molecule has 0 N–H and O–H groups in total. The van der Waals surface area contributed by atoms with E-state index in [2.05, 4.69) is 196 Å². The van der Waals surface area contributed by atoms with Crippen LogP contribution in [0.2, 0.25) is 0 Å². The largest absolute Gasteiger partial charge is 0.456 e. The van der Waals surface area contributed by atoms with Gasteiger partial charge < -0.3 is 9.32 Å². The summed E-state index contributed by atoms with van der Waals surface area (Å²) in [6, 6.07) is 65.1. The molecule has 0 aliphatic heterocycles. The molecule has 2 aliphatic rings. The molecule has 0 saturated carbocycles. The lowest BCUT2D eigenvalue weighted by atomic mass is 9.79. The third kappa shape index (κ3) is 4.49. The number of anilines is 3. The van der Waals surface area contributed by atoms with Gasteiger partial charge in [-0.1, -0.05) is 161 Å². The average molecular weight is 744 g/mol. The van der Waals surface area contributed by atoms with Crippen molar-refractivity contribution in [2.24, 2.45) is 0 Å². The van der Waals surface area contributed by atoms with Crippen LogP contribution in [-0.4, -0.2) is 0 Å². The van der Waals surface area contributed by atoms with Crippen LogP contribution in [0.3, 0.4) is 0 Å². The summed E-state index contributed by atoms with van der Waals surface area (Å²) in [7, 11) is 0. The molecule has 10 aromatic rings. The van der Waals surface area contributed by atoms with Crippen molar-refractivity contribution in [3.8, 4) is 33.4 Å². The first kappa shape index (κ1) is 33.3. The first-order valence-corrected chi connectivity index (χ1v) is 20.4. The molecule has 1 aromatic heterocycles. The lowest BCUT2D eigenvalue weighted by Crippen LogP contribution is -2.18. The number of hydrogen-bond acceptors (Lipinski definition) is 2. The highest BCUT2D eigenvalue weighted by Crippen LogP contribution is 2.60. The SMILES string of the molecule is CC1(C)c2ccccc2-c2c(N(c3ccc(-c4ccc5oc6ccccc6c5c4)cc3)c3cc4ccccc4c4c3-c3ccccc3C4(C)C)cc3ccccc3c21. The van der Waals surface area contributed by atoms with E-state index in [1.807, 2.05) is 12.1 Å². The third-order valence-electron chi connectivity index (χ3n) is 13.4. The standard InChI is InChI=1S/C56H41NO/c1-55(2)45-22-12-9-20-42(45)51-47(32-36-15-5-7-17-39(36)53(51)55)57(38-28-25-34(26-29-38)35-27-30-50-44(31-35)41-19-11-14-24-49(41)58-50)48-33-37-16-6-8-18-40(37)54-52(48)43-21-10-13-23-46(43)56(54,3)4/h5-33H,1-4H3. The smallest absolute Gasteiger partial charge is 0.135 e. The second-order valence-electron chi connectivity index (χ2n) is 17.3. The maximum Gasteiger partial charge on any atom is 0.135 e. The van der Waals surface area contributed by atoms with Gasteiger partial charge in [0.25, 0.3) is 0 Å². The van der Waals surface area contributed by atoms with Crippen LogP contribution in [0.1, 0.15) is 49.9 Å². The summed E-state index contributed by atoms with van der Waals surface area (Å²) in [6.07, 6.45) is 0. The zero-order valence-electron chi connectivity index (χ0n) is 33.1. The molecule has 58 heavy (non-hydrogen) atoms. The van der Waals surface area contributed by atoms with E-state index in [0.29, 0.717) is 0 Å². The monoisotopic (exact) mass is 743 g/mol. The van der Waals surface area contributed by atoms with Crippen molar-refractivity contribution in [3.63, 3.8) is 0 Å². The Morgan fingerprint density at radius 2 is 0.862 bits per heavy atom. The predicted molar refractivity (Wildman–Crippen MR) is 244 cm³/mol. The zero-order chi connectivity index (χ0) is 38.9. The Bertz CT molecular complexity index is 3200. The summed E-state index contributed by atoms with van der Waals surface area (Å²) in [5.41, 5.74) is 18.1. The van der Waals surface area contributed by atoms with E-state index in [0.717, 1.165) is 27.6 Å². The summed E-state index contributed by atoms with van der Waals surface area (Å²) in [5, 5.41) is 7.41. The van der Waals surface area contributed by atoms with E-state index in [1.54, 1.807) is 0 Å². The van der Waals surface area contributed by atoms with Crippen LogP contribution in [0.4, 0.5) is 17.1 Å². The van der Waals surface area contributed by atoms with E-state index in [9.17, 15) is 0 Å². The number of hydrogen-bond donors (Lipinski definition) is 0. The van der Waals surface area contributed by atoms with Gasteiger partial charge in [-0.2, -0.15) is 0 Å². The maximum atomic E-state index is 6.20. The number of rotatable bonds is 4. The molecule has 0 spiro atoms. The molecule has 2 nitrogen and oxygen atoms in total. The highest BCUT2D eigenvalue weighted by molar-refractivity contribution is 6.11. The van der Waals surface area contributed by atoms with Crippen LogP contribution in [0.15, 0.2) is 180 Å². The summed E-state index contributed by atoms with van der Waals surface area (Å²) >= 11 is 0. The Hall–Kier alpha value is -6.90. The van der Waals surface area contributed by atoms with Crippen LogP contribution < -0.4 is 4.90 Å². The fourth-order valence-corrected chi connectivity index (χ4v) is 10.7. The fraction of sp³-hybridized carbons (Fsp3) is 0.107. The van der Waals surface area contributed by atoms with E-state index in [-0.39, 0.29) is 10.8 Å². The molecular weight excluding hydrogens is 703 g/mol. The molecule has 0 saturated heterocycles. The van der Waals surface area contributed by atoms with Crippen molar-refractivity contribution in [3.05, 3.63) is 198 Å². The average Bonchev–Trinajstić information content (AvgIpc) is 3.84. The van der Waals surface area contributed by atoms with E-state index >= 15 is 0 Å². The van der Waals surface area contributed by atoms with E-state index in [4.69, 9.17) is 4.42 Å². The minimum atomic E-state index is -0.188. The molecule has 0 unspecified atom stereocenters. The van der Waals surface area contributed by atoms with Crippen LogP contribution in [0, 0.1) is 0 Å². The molecule has 9 aromatic carbocycles. The van der Waals surface area contributed by atoms with Crippen molar-refractivity contribution in [2.45, 2.75) is 38.5 Å². The lowest BCUT2D eigenvalue weighted by molar-refractivity contribution is 0.666. The Kier molecular flexibility index (Phi) is 6.78. The van der Waals surface area contributed by atoms with Crippen LogP contribution in [-0.2, 0) is 10.8 Å². The van der Waals surface area contributed by atoms with Crippen molar-refractivity contribution in [2.75, 3.05) is 4.90 Å². The van der Waals surface area contributed by atoms with Crippen LogP contribution >= 0.6 is 0 Å². The van der Waals surface area contributed by atoms with Crippen molar-refractivity contribution in [1.82, 2.24) is 0 Å². The molecule has 2 aliphatic carbocycles. The molecule has 276 valence electrons. The third-order valence-corrected chi connectivity index (χ3v) is 13.4. The molecule has 12 rings (SSSR count).